The Labute approximate surface area is 363 Å². The van der Waals surface area contributed by atoms with Crippen molar-refractivity contribution in [3.05, 3.63) is 82.5 Å². The largest absolute Gasteiger partial charge is 0.488 e. The highest BCUT2D eigenvalue weighted by atomic mass is 127. The summed E-state index contributed by atoms with van der Waals surface area (Å²) in [6.45, 7) is 14.6. The third kappa shape index (κ3) is 11.0. The van der Waals surface area contributed by atoms with E-state index in [1.807, 2.05) is 6.08 Å². The molecule has 5 aliphatic rings. The number of halogens is 1. The molecule has 2 saturated heterocycles. The van der Waals surface area contributed by atoms with Gasteiger partial charge in [-0.3, -0.25) is 4.79 Å². The minimum atomic E-state index is -0.761. The minimum absolute atomic E-state index is 0.0938. The Morgan fingerprint density at radius 3 is 2.15 bits per heavy atom. The molecule has 2 aromatic rings. The number of esters is 2. The maximum atomic E-state index is 13.0. The molecule has 3 aliphatic carbocycles. The van der Waals surface area contributed by atoms with E-state index in [-0.39, 0.29) is 40.7 Å². The number of ether oxygens (including phenoxy) is 8. The first kappa shape index (κ1) is 43.8. The van der Waals surface area contributed by atoms with Crippen LogP contribution >= 0.6 is 22.6 Å². The maximum absolute atomic E-state index is 13.0. The van der Waals surface area contributed by atoms with E-state index in [0.29, 0.717) is 13.0 Å². The highest BCUT2D eigenvalue weighted by Crippen LogP contribution is 2.47. The van der Waals surface area contributed by atoms with Crippen molar-refractivity contribution in [2.75, 3.05) is 19.8 Å². The lowest BCUT2D eigenvalue weighted by atomic mass is 9.81. The predicted octanol–water partition coefficient (Wildman–Crippen LogP) is 10.3. The van der Waals surface area contributed by atoms with Crippen molar-refractivity contribution in [1.82, 2.24) is 0 Å². The summed E-state index contributed by atoms with van der Waals surface area (Å²) in [7, 11) is 0. The van der Waals surface area contributed by atoms with Gasteiger partial charge in [-0.05, 0) is 135 Å². The average Bonchev–Trinajstić information content (AvgIpc) is 4.08. The fourth-order valence-electron chi connectivity index (χ4n) is 9.37. The van der Waals surface area contributed by atoms with E-state index in [4.69, 9.17) is 37.9 Å². The Hall–Kier alpha value is -3.23. The van der Waals surface area contributed by atoms with E-state index in [0.717, 1.165) is 80.4 Å². The van der Waals surface area contributed by atoms with Gasteiger partial charge in [-0.15, -0.1) is 0 Å². The van der Waals surface area contributed by atoms with Gasteiger partial charge >= 0.3 is 11.9 Å². The van der Waals surface area contributed by atoms with Crippen molar-refractivity contribution in [3.8, 4) is 11.5 Å². The summed E-state index contributed by atoms with van der Waals surface area (Å²) < 4.78 is 50.5. The van der Waals surface area contributed by atoms with Crippen LogP contribution in [0.3, 0.4) is 0 Å². The first-order valence-electron chi connectivity index (χ1n) is 21.5. The predicted molar refractivity (Wildman–Crippen MR) is 234 cm³/mol. The zero-order chi connectivity index (χ0) is 41.7. The number of hydrogen-bond donors (Lipinski definition) is 0. The lowest BCUT2D eigenvalue weighted by Gasteiger charge is -2.39. The van der Waals surface area contributed by atoms with Crippen LogP contribution in [-0.4, -0.2) is 72.8 Å². The molecule has 2 heterocycles. The lowest BCUT2D eigenvalue weighted by Crippen LogP contribution is -2.45. The Bertz CT molecular complexity index is 1810. The molecule has 2 aliphatic heterocycles. The molecule has 3 saturated carbocycles. The third-order valence-corrected chi connectivity index (χ3v) is 13.4. The van der Waals surface area contributed by atoms with Crippen molar-refractivity contribution in [2.45, 2.75) is 145 Å². The van der Waals surface area contributed by atoms with Gasteiger partial charge in [0, 0.05) is 25.7 Å². The van der Waals surface area contributed by atoms with Gasteiger partial charge in [0.05, 0.1) is 23.2 Å². The number of benzene rings is 2. The van der Waals surface area contributed by atoms with Crippen LogP contribution in [0.5, 0.6) is 11.5 Å². The molecule has 0 N–H and O–H groups in total. The van der Waals surface area contributed by atoms with Gasteiger partial charge in [0.25, 0.3) is 0 Å². The molecule has 10 nitrogen and oxygen atoms in total. The van der Waals surface area contributed by atoms with Crippen molar-refractivity contribution >= 4 is 46.7 Å². The van der Waals surface area contributed by atoms with E-state index in [9.17, 15) is 9.59 Å². The van der Waals surface area contributed by atoms with Crippen LogP contribution in [0.25, 0.3) is 12.2 Å². The minimum Gasteiger partial charge on any atom is -0.488 e. The third-order valence-electron chi connectivity index (χ3n) is 13.0. The van der Waals surface area contributed by atoms with Crippen LogP contribution in [-0.2, 0) is 38.0 Å². The maximum Gasteiger partial charge on any atom is 0.343 e. The summed E-state index contributed by atoms with van der Waals surface area (Å²) in [4.78, 5) is 24.8. The van der Waals surface area contributed by atoms with Crippen molar-refractivity contribution < 1.29 is 47.5 Å². The second-order valence-electron chi connectivity index (χ2n) is 17.7. The van der Waals surface area contributed by atoms with Crippen molar-refractivity contribution in [1.29, 1.82) is 0 Å². The number of rotatable bonds is 17. The van der Waals surface area contributed by atoms with Gasteiger partial charge in [-0.1, -0.05) is 62.6 Å². The molecule has 6 unspecified atom stereocenters. The fourth-order valence-corrected chi connectivity index (χ4v) is 9.52. The molecule has 0 aromatic heterocycles. The second-order valence-corrected chi connectivity index (χ2v) is 19.0. The molecule has 320 valence electrons. The highest BCUT2D eigenvalue weighted by molar-refractivity contribution is 14.1. The summed E-state index contributed by atoms with van der Waals surface area (Å²) in [6.07, 6.45) is 15.9. The fraction of sp³-hybridized carbons (Fsp3) is 0.583. The van der Waals surface area contributed by atoms with Crippen LogP contribution < -0.4 is 9.47 Å². The summed E-state index contributed by atoms with van der Waals surface area (Å²) in [6, 6.07) is 16.5. The van der Waals surface area contributed by atoms with E-state index in [2.05, 4.69) is 94.6 Å². The van der Waals surface area contributed by atoms with Gasteiger partial charge in [0.15, 0.2) is 17.7 Å². The zero-order valence-electron chi connectivity index (χ0n) is 34.9. The van der Waals surface area contributed by atoms with E-state index in [1.165, 1.54) is 12.8 Å². The first-order chi connectivity index (χ1) is 28.3. The molecule has 2 aromatic carbocycles. The highest BCUT2D eigenvalue weighted by Gasteiger charge is 2.54. The lowest BCUT2D eigenvalue weighted by molar-refractivity contribution is -0.208. The Balaban J connectivity index is 0.916. The summed E-state index contributed by atoms with van der Waals surface area (Å²) in [5.41, 5.74) is 1.60. The molecule has 6 atom stereocenters. The van der Waals surface area contributed by atoms with Crippen LogP contribution in [0, 0.1) is 11.8 Å². The molecule has 0 radical (unpaired) electrons. The van der Waals surface area contributed by atoms with E-state index in [1.54, 1.807) is 22.6 Å². The number of hydrogen-bond acceptors (Lipinski definition) is 10. The average molecular weight is 925 g/mol. The normalized spacial score (nSPS) is 26.9. The molecule has 0 bridgehead atoms. The van der Waals surface area contributed by atoms with Crippen molar-refractivity contribution in [3.63, 3.8) is 0 Å². The molecule has 5 fully saturated rings. The number of carbonyl (C=O) groups is 2. The van der Waals surface area contributed by atoms with Crippen LogP contribution in [0.15, 0.2) is 71.3 Å². The Morgan fingerprint density at radius 2 is 1.49 bits per heavy atom. The van der Waals surface area contributed by atoms with Gasteiger partial charge < -0.3 is 37.9 Å². The van der Waals surface area contributed by atoms with E-state index >= 15 is 0 Å². The van der Waals surface area contributed by atoms with Crippen LogP contribution in [0.4, 0.5) is 0 Å². The quantitative estimate of drug-likeness (QED) is 0.0865. The molecule has 7 rings (SSSR count). The Morgan fingerprint density at radius 1 is 0.881 bits per heavy atom. The Kier molecular flexibility index (Phi) is 14.0. The topological polar surface area (TPSA) is 108 Å². The molecule has 11 heteroatoms. The van der Waals surface area contributed by atoms with Gasteiger partial charge in [-0.2, -0.15) is 0 Å². The summed E-state index contributed by atoms with van der Waals surface area (Å²) in [5.74, 6) is -0.172. The first-order valence-corrected chi connectivity index (χ1v) is 22.6. The van der Waals surface area contributed by atoms with Gasteiger partial charge in [-0.25, -0.2) is 4.79 Å². The van der Waals surface area contributed by atoms with Gasteiger partial charge in [0.1, 0.15) is 41.5 Å². The SMILES string of the molecule is C=Cc1ccc(OC2(CC(C)C(C)(C)Oc3ccc(/C=C/C4CCC5(C4)OCC(C(OC(=O)CCOC(=O)C(=C)I)C4COC6(CCCC6)O4)O5)cc3)CCCC2)cc1. The van der Waals surface area contributed by atoms with Crippen LogP contribution in [0.1, 0.15) is 115 Å². The molecular weight excluding hydrogens is 863 g/mol. The van der Waals surface area contributed by atoms with Crippen molar-refractivity contribution in [2.24, 2.45) is 11.8 Å². The monoisotopic (exact) mass is 924 g/mol. The molecule has 0 amide bonds. The number of carbonyl (C=O) groups excluding carboxylic acids is 2. The van der Waals surface area contributed by atoms with Crippen LogP contribution in [0.2, 0.25) is 0 Å². The molecular formula is C48H61IO10. The number of allylic oxidation sites excluding steroid dienone is 1. The molecule has 2 spiro atoms. The standard InChI is InChI=1S/C48H61IO10/c1-6-35-13-17-39(18-14-35)57-46(23-7-8-24-46)29-33(2)45(4,5)56-38-19-15-36(16-20-38)11-12-37-21-27-48(30-37)54-32-41(59-48)43(40-31-53-47(58-40)25-9-10-26-47)55-42(50)22-28-52-44(51)34(3)49/h6,11-20,33,37,40-41,43H,1,3,7-10,21-32H2,2,4-5H3/b12-11+. The molecule has 59 heavy (non-hydrogen) atoms. The zero-order valence-corrected chi connectivity index (χ0v) is 37.1. The summed E-state index contributed by atoms with van der Waals surface area (Å²) >= 11 is 1.79. The second kappa shape index (κ2) is 18.8. The van der Waals surface area contributed by atoms with E-state index < -0.39 is 47.4 Å². The van der Waals surface area contributed by atoms with Gasteiger partial charge in [0.2, 0.25) is 0 Å². The smallest absolute Gasteiger partial charge is 0.343 e. The summed E-state index contributed by atoms with van der Waals surface area (Å²) in [5, 5.41) is 0.